The molecule has 0 saturated carbocycles. The van der Waals surface area contributed by atoms with Crippen molar-refractivity contribution in [2.75, 3.05) is 31.1 Å². The molecule has 0 bridgehead atoms. The summed E-state index contributed by atoms with van der Waals surface area (Å²) in [7, 11) is 0. The molecule has 0 spiro atoms. The molecule has 5 atom stereocenters. The van der Waals surface area contributed by atoms with Gasteiger partial charge in [0.05, 0.1) is 12.2 Å². The fourth-order valence-corrected chi connectivity index (χ4v) is 4.38. The minimum absolute atomic E-state index is 0.204. The van der Waals surface area contributed by atoms with Crippen LogP contribution < -0.4 is 4.90 Å². The lowest BCUT2D eigenvalue weighted by molar-refractivity contribution is -0.140. The lowest BCUT2D eigenvalue weighted by Crippen LogP contribution is -2.60. The number of β-amino-alcohol motifs (C(OH)–C–C–N with tert-alkyl or cyclic N) is 1. The molecule has 1 unspecified atom stereocenters. The first-order chi connectivity index (χ1) is 11.7. The third kappa shape index (κ3) is 3.92. The number of rotatable bonds is 3. The van der Waals surface area contributed by atoms with Crippen LogP contribution in [0.25, 0.3) is 0 Å². The number of piperidine rings is 1. The van der Waals surface area contributed by atoms with E-state index in [0.29, 0.717) is 24.8 Å². The smallest absolute Gasteiger partial charge is 0.389 e. The molecule has 3 rings (SSSR count). The van der Waals surface area contributed by atoms with Crippen LogP contribution in [0.1, 0.15) is 19.0 Å². The quantitative estimate of drug-likeness (QED) is 0.718. The highest BCUT2D eigenvalue weighted by molar-refractivity contribution is 7.13. The molecule has 0 aromatic carbocycles. The number of likely N-dealkylation sites (tertiary alicyclic amines) is 1. The van der Waals surface area contributed by atoms with Gasteiger partial charge in [-0.1, -0.05) is 0 Å². The lowest BCUT2D eigenvalue weighted by Gasteiger charge is -2.43. The van der Waals surface area contributed by atoms with Crippen molar-refractivity contribution in [1.82, 2.24) is 9.88 Å². The number of hydrogen-bond donors (Lipinski definition) is 3. The number of anilines is 1. The number of halogens is 3. The van der Waals surface area contributed by atoms with E-state index in [0.717, 1.165) is 23.1 Å². The molecule has 142 valence electrons. The number of aromatic nitrogens is 1. The zero-order valence-corrected chi connectivity index (χ0v) is 14.5. The second-order valence-electron chi connectivity index (χ2n) is 6.86. The summed E-state index contributed by atoms with van der Waals surface area (Å²) in [5.41, 5.74) is -0.860. The van der Waals surface area contributed by atoms with Crippen LogP contribution in [-0.4, -0.2) is 75.7 Å². The maximum absolute atomic E-state index is 12.7. The summed E-state index contributed by atoms with van der Waals surface area (Å²) in [6, 6.07) is -0.288. The maximum Gasteiger partial charge on any atom is 0.434 e. The van der Waals surface area contributed by atoms with Gasteiger partial charge < -0.3 is 20.2 Å². The number of hydrogen-bond acceptors (Lipinski definition) is 7. The zero-order chi connectivity index (χ0) is 18.4. The number of aliphatic hydroxyl groups excluding tert-OH is 3. The van der Waals surface area contributed by atoms with Crippen molar-refractivity contribution in [2.24, 2.45) is 5.92 Å². The molecule has 2 aliphatic rings. The van der Waals surface area contributed by atoms with Crippen LogP contribution in [0.3, 0.4) is 0 Å². The Bertz CT molecular complexity index is 600. The van der Waals surface area contributed by atoms with Gasteiger partial charge in [-0.05, 0) is 19.3 Å². The minimum Gasteiger partial charge on any atom is -0.389 e. The van der Waals surface area contributed by atoms with Crippen molar-refractivity contribution in [2.45, 2.75) is 43.9 Å². The summed E-state index contributed by atoms with van der Waals surface area (Å²) in [5, 5.41) is 31.0. The largest absolute Gasteiger partial charge is 0.434 e. The fourth-order valence-electron chi connectivity index (χ4n) is 3.51. The highest BCUT2D eigenvalue weighted by atomic mass is 32.1. The molecule has 6 nitrogen and oxygen atoms in total. The number of nitrogens with zero attached hydrogens (tertiary/aromatic N) is 3. The van der Waals surface area contributed by atoms with Crippen molar-refractivity contribution < 1.29 is 28.5 Å². The molecule has 3 N–H and O–H groups in total. The van der Waals surface area contributed by atoms with Gasteiger partial charge in [-0.3, -0.25) is 4.90 Å². The van der Waals surface area contributed by atoms with Gasteiger partial charge in [0, 0.05) is 37.6 Å². The van der Waals surface area contributed by atoms with Crippen LogP contribution >= 0.6 is 11.3 Å². The van der Waals surface area contributed by atoms with Gasteiger partial charge in [-0.15, -0.1) is 11.3 Å². The van der Waals surface area contributed by atoms with E-state index < -0.39 is 30.2 Å². The average Bonchev–Trinajstić information content (AvgIpc) is 3.18. The van der Waals surface area contributed by atoms with Crippen LogP contribution in [-0.2, 0) is 6.18 Å². The van der Waals surface area contributed by atoms with E-state index in [1.54, 1.807) is 6.92 Å². The first kappa shape index (κ1) is 18.8. The molecule has 2 saturated heterocycles. The van der Waals surface area contributed by atoms with Gasteiger partial charge in [0.1, 0.15) is 6.10 Å². The third-order valence-corrected chi connectivity index (χ3v) is 5.97. The van der Waals surface area contributed by atoms with E-state index in [2.05, 4.69) is 4.98 Å². The van der Waals surface area contributed by atoms with Crippen LogP contribution in [0.5, 0.6) is 0 Å². The van der Waals surface area contributed by atoms with E-state index in [9.17, 15) is 28.5 Å². The third-order valence-electron chi connectivity index (χ3n) is 5.07. The number of aliphatic hydroxyl groups is 3. The SMILES string of the molecule is C[C@@H]1[C@@H](O)[C@H](O)[C@@H](O)CN1CC1CCN(c2nc(C(F)(F)F)cs2)C1. The van der Waals surface area contributed by atoms with Crippen LogP contribution in [0, 0.1) is 5.92 Å². The summed E-state index contributed by atoms with van der Waals surface area (Å²) in [6.07, 6.45) is -6.79. The summed E-state index contributed by atoms with van der Waals surface area (Å²) in [6.45, 7) is 3.89. The molecule has 3 heterocycles. The summed E-state index contributed by atoms with van der Waals surface area (Å²) in [5.74, 6) is 0.204. The molecule has 0 amide bonds. The van der Waals surface area contributed by atoms with Crippen molar-refractivity contribution in [3.05, 3.63) is 11.1 Å². The Balaban J connectivity index is 1.59. The van der Waals surface area contributed by atoms with Crippen molar-refractivity contribution in [3.63, 3.8) is 0 Å². The van der Waals surface area contributed by atoms with E-state index in [-0.39, 0.29) is 18.5 Å². The Hall–Kier alpha value is -0.940. The molecule has 1 aromatic rings. The minimum atomic E-state index is -4.43. The fraction of sp³-hybridized carbons (Fsp3) is 0.800. The van der Waals surface area contributed by atoms with Gasteiger partial charge >= 0.3 is 6.18 Å². The predicted octanol–water partition coefficient (Wildman–Crippen LogP) is 0.775. The monoisotopic (exact) mass is 381 g/mol. The van der Waals surface area contributed by atoms with Crippen molar-refractivity contribution in [1.29, 1.82) is 0 Å². The Morgan fingerprint density at radius 3 is 2.60 bits per heavy atom. The Morgan fingerprint density at radius 1 is 1.24 bits per heavy atom. The highest BCUT2D eigenvalue weighted by Crippen LogP contribution is 2.35. The predicted molar refractivity (Wildman–Crippen MR) is 86.5 cm³/mol. The topological polar surface area (TPSA) is 80.1 Å². The molecular formula is C15H22F3N3O3S. The molecule has 2 fully saturated rings. The highest BCUT2D eigenvalue weighted by Gasteiger charge is 2.40. The Morgan fingerprint density at radius 2 is 1.96 bits per heavy atom. The normalized spacial score (nSPS) is 34.7. The van der Waals surface area contributed by atoms with E-state index >= 15 is 0 Å². The number of alkyl halides is 3. The average molecular weight is 381 g/mol. The second-order valence-corrected chi connectivity index (χ2v) is 7.69. The lowest BCUT2D eigenvalue weighted by atomic mass is 9.93. The molecule has 1 aromatic heterocycles. The van der Waals surface area contributed by atoms with Gasteiger partial charge in [0.15, 0.2) is 10.8 Å². The Labute approximate surface area is 147 Å². The van der Waals surface area contributed by atoms with E-state index in [4.69, 9.17) is 0 Å². The first-order valence-electron chi connectivity index (χ1n) is 8.22. The molecule has 0 radical (unpaired) electrons. The Kier molecular flexibility index (Phi) is 5.27. The van der Waals surface area contributed by atoms with E-state index in [1.165, 1.54) is 0 Å². The van der Waals surface area contributed by atoms with Gasteiger partial charge in [-0.2, -0.15) is 13.2 Å². The molecule has 2 aliphatic heterocycles. The molecule has 0 aliphatic carbocycles. The number of thiazole rings is 1. The summed E-state index contributed by atoms with van der Waals surface area (Å²) < 4.78 is 38.0. The van der Waals surface area contributed by atoms with Gasteiger partial charge in [-0.25, -0.2) is 4.98 Å². The second kappa shape index (κ2) is 6.99. The van der Waals surface area contributed by atoms with E-state index in [1.807, 2.05) is 9.80 Å². The van der Waals surface area contributed by atoms with Crippen LogP contribution in [0.2, 0.25) is 0 Å². The van der Waals surface area contributed by atoms with Gasteiger partial charge in [0.25, 0.3) is 0 Å². The zero-order valence-electron chi connectivity index (χ0n) is 13.7. The molecule has 25 heavy (non-hydrogen) atoms. The molecule has 10 heteroatoms. The standard InChI is InChI=1S/C15H22F3N3O3S/c1-8-12(23)13(24)10(22)6-21(8)5-9-2-3-20(4-9)14-19-11(7-25-14)15(16,17)18/h7-10,12-13,22-24H,2-6H2,1H3/t8-,9?,10+,12-,13-/m1/s1. The first-order valence-corrected chi connectivity index (χ1v) is 9.10. The summed E-state index contributed by atoms with van der Waals surface area (Å²) >= 11 is 0.992. The van der Waals surface area contributed by atoms with Gasteiger partial charge in [0.2, 0.25) is 0 Å². The molecular weight excluding hydrogens is 359 g/mol. The van der Waals surface area contributed by atoms with Crippen LogP contribution in [0.4, 0.5) is 18.3 Å². The van der Waals surface area contributed by atoms with Crippen LogP contribution in [0.15, 0.2) is 5.38 Å². The summed E-state index contributed by atoms with van der Waals surface area (Å²) in [4.78, 5) is 7.46. The van der Waals surface area contributed by atoms with Crippen molar-refractivity contribution >= 4 is 16.5 Å². The van der Waals surface area contributed by atoms with Crippen molar-refractivity contribution in [3.8, 4) is 0 Å². The maximum atomic E-state index is 12.7.